The molecule has 0 aliphatic carbocycles. The van der Waals surface area contributed by atoms with E-state index in [4.69, 9.17) is 10.5 Å². The number of benzene rings is 1. The third-order valence-electron chi connectivity index (χ3n) is 2.66. The van der Waals surface area contributed by atoms with Crippen molar-refractivity contribution in [2.45, 2.75) is 13.8 Å². The minimum atomic E-state index is 0.378. The molecule has 0 aliphatic heterocycles. The number of ether oxygens (including phenoxy) is 1. The van der Waals surface area contributed by atoms with Gasteiger partial charge in [-0.15, -0.1) is 0 Å². The first kappa shape index (κ1) is 13.1. The molecule has 5 heteroatoms. The quantitative estimate of drug-likeness (QED) is 0.916. The molecule has 0 amide bonds. The van der Waals surface area contributed by atoms with Crippen LogP contribution in [-0.4, -0.2) is 24.1 Å². The van der Waals surface area contributed by atoms with Gasteiger partial charge < -0.3 is 15.4 Å². The number of anilines is 2. The first-order valence-corrected chi connectivity index (χ1v) is 6.01. The molecule has 100 valence electrons. The van der Waals surface area contributed by atoms with E-state index in [1.54, 1.807) is 0 Å². The zero-order valence-corrected chi connectivity index (χ0v) is 11.6. The molecule has 2 aromatic rings. The van der Waals surface area contributed by atoms with Crippen molar-refractivity contribution in [3.05, 3.63) is 35.7 Å². The summed E-state index contributed by atoms with van der Waals surface area (Å²) in [4.78, 5) is 10.0. The second-order valence-corrected chi connectivity index (χ2v) is 4.74. The van der Waals surface area contributed by atoms with Gasteiger partial charge in [-0.1, -0.05) is 6.07 Å². The van der Waals surface area contributed by atoms with Gasteiger partial charge >= 0.3 is 0 Å². The largest absolute Gasteiger partial charge is 0.437 e. The predicted octanol–water partition coefficient (Wildman–Crippen LogP) is 2.53. The van der Waals surface area contributed by atoms with E-state index in [1.807, 2.05) is 45.0 Å². The van der Waals surface area contributed by atoms with Gasteiger partial charge in [-0.3, -0.25) is 0 Å². The molecule has 0 radical (unpaired) electrons. The smallest absolute Gasteiger partial charge is 0.248 e. The highest BCUT2D eigenvalue weighted by molar-refractivity contribution is 5.67. The van der Waals surface area contributed by atoms with Crippen molar-refractivity contribution in [1.82, 2.24) is 9.97 Å². The van der Waals surface area contributed by atoms with Crippen molar-refractivity contribution in [3.8, 4) is 11.6 Å². The highest BCUT2D eigenvalue weighted by Gasteiger charge is 2.11. The van der Waals surface area contributed by atoms with Crippen LogP contribution >= 0.6 is 0 Å². The van der Waals surface area contributed by atoms with E-state index in [1.165, 1.54) is 6.33 Å². The second-order valence-electron chi connectivity index (χ2n) is 4.74. The fourth-order valence-electron chi connectivity index (χ4n) is 1.91. The fourth-order valence-corrected chi connectivity index (χ4v) is 1.91. The summed E-state index contributed by atoms with van der Waals surface area (Å²) in [5.74, 6) is 1.76. The molecule has 1 aromatic heterocycles. The summed E-state index contributed by atoms with van der Waals surface area (Å²) in [7, 11) is 3.75. The Labute approximate surface area is 113 Å². The van der Waals surface area contributed by atoms with E-state index < -0.39 is 0 Å². The standard InChI is InChI=1S/C14H18N4O/c1-9-5-10(2)7-11(6-9)19-14-12(15)13(18(3)4)16-8-17-14/h5-8H,15H2,1-4H3. The van der Waals surface area contributed by atoms with Crippen molar-refractivity contribution in [2.24, 2.45) is 0 Å². The number of nitrogens with two attached hydrogens (primary N) is 1. The number of nitrogen functional groups attached to an aromatic ring is 1. The molecule has 0 saturated heterocycles. The van der Waals surface area contributed by atoms with Crippen LogP contribution in [-0.2, 0) is 0 Å². The summed E-state index contributed by atoms with van der Waals surface area (Å²) in [6, 6.07) is 5.98. The first-order valence-electron chi connectivity index (χ1n) is 6.01. The number of aromatic nitrogens is 2. The van der Waals surface area contributed by atoms with Crippen LogP contribution in [0, 0.1) is 13.8 Å². The van der Waals surface area contributed by atoms with Gasteiger partial charge in [0.05, 0.1) is 0 Å². The van der Waals surface area contributed by atoms with Gasteiger partial charge in [-0.2, -0.15) is 4.98 Å². The minimum Gasteiger partial charge on any atom is -0.437 e. The van der Waals surface area contributed by atoms with Crippen LogP contribution in [0.15, 0.2) is 24.5 Å². The lowest BCUT2D eigenvalue weighted by Crippen LogP contribution is -2.14. The summed E-state index contributed by atoms with van der Waals surface area (Å²) < 4.78 is 5.76. The molecule has 2 rings (SSSR count). The second kappa shape index (κ2) is 5.14. The fraction of sp³-hybridized carbons (Fsp3) is 0.286. The molecule has 0 atom stereocenters. The van der Waals surface area contributed by atoms with Crippen LogP contribution in [0.3, 0.4) is 0 Å². The molecule has 19 heavy (non-hydrogen) atoms. The SMILES string of the molecule is Cc1cc(C)cc(Oc2ncnc(N(C)C)c2N)c1. The van der Waals surface area contributed by atoms with Crippen LogP contribution in [0.4, 0.5) is 11.5 Å². The highest BCUT2D eigenvalue weighted by Crippen LogP contribution is 2.31. The lowest BCUT2D eigenvalue weighted by Gasteiger charge is -2.15. The minimum absolute atomic E-state index is 0.378. The van der Waals surface area contributed by atoms with Gasteiger partial charge in [0.25, 0.3) is 0 Å². The maximum Gasteiger partial charge on any atom is 0.248 e. The Morgan fingerprint density at radius 2 is 1.68 bits per heavy atom. The predicted molar refractivity (Wildman–Crippen MR) is 76.8 cm³/mol. The molecular weight excluding hydrogens is 240 g/mol. The Bertz CT molecular complexity index is 576. The third-order valence-corrected chi connectivity index (χ3v) is 2.66. The lowest BCUT2D eigenvalue weighted by molar-refractivity contribution is 0.463. The molecule has 5 nitrogen and oxygen atoms in total. The van der Waals surface area contributed by atoms with Crippen molar-refractivity contribution in [2.75, 3.05) is 24.7 Å². The summed E-state index contributed by atoms with van der Waals surface area (Å²) in [5, 5.41) is 0. The van der Waals surface area contributed by atoms with Crippen LogP contribution in [0.5, 0.6) is 11.6 Å². The molecule has 0 fully saturated rings. The van der Waals surface area contributed by atoms with E-state index in [-0.39, 0.29) is 0 Å². The van der Waals surface area contributed by atoms with Gasteiger partial charge in [0.1, 0.15) is 17.8 Å². The molecule has 2 N–H and O–H groups in total. The van der Waals surface area contributed by atoms with Crippen LogP contribution in [0.2, 0.25) is 0 Å². The zero-order valence-electron chi connectivity index (χ0n) is 11.6. The molecule has 1 heterocycles. The average molecular weight is 258 g/mol. The zero-order chi connectivity index (χ0) is 14.0. The Kier molecular flexibility index (Phi) is 3.55. The van der Waals surface area contributed by atoms with Crippen molar-refractivity contribution < 1.29 is 4.74 Å². The van der Waals surface area contributed by atoms with Crippen molar-refractivity contribution in [1.29, 1.82) is 0 Å². The van der Waals surface area contributed by atoms with E-state index in [9.17, 15) is 0 Å². The van der Waals surface area contributed by atoms with Gasteiger partial charge in [-0.05, 0) is 37.1 Å². The average Bonchev–Trinajstić information content (AvgIpc) is 2.30. The summed E-state index contributed by atoms with van der Waals surface area (Å²) >= 11 is 0. The van der Waals surface area contributed by atoms with Crippen molar-refractivity contribution in [3.63, 3.8) is 0 Å². The Morgan fingerprint density at radius 3 is 2.26 bits per heavy atom. The number of aryl methyl sites for hydroxylation is 2. The van der Waals surface area contributed by atoms with E-state index in [0.717, 1.165) is 16.9 Å². The van der Waals surface area contributed by atoms with Gasteiger partial charge in [-0.25, -0.2) is 4.98 Å². The Balaban J connectivity index is 2.35. The Morgan fingerprint density at radius 1 is 1.05 bits per heavy atom. The topological polar surface area (TPSA) is 64.3 Å². The Hall–Kier alpha value is -2.30. The number of rotatable bonds is 3. The normalized spacial score (nSPS) is 10.3. The number of hydrogen-bond donors (Lipinski definition) is 1. The van der Waals surface area contributed by atoms with Gasteiger partial charge in [0, 0.05) is 14.1 Å². The van der Waals surface area contributed by atoms with Crippen LogP contribution in [0.25, 0.3) is 0 Å². The molecule has 0 bridgehead atoms. The third kappa shape index (κ3) is 2.93. The molecule has 1 aromatic carbocycles. The maximum absolute atomic E-state index is 6.02. The summed E-state index contributed by atoms with van der Waals surface area (Å²) in [6.07, 6.45) is 1.45. The first-order chi connectivity index (χ1) is 8.97. The summed E-state index contributed by atoms with van der Waals surface area (Å²) in [6.45, 7) is 4.04. The number of hydrogen-bond acceptors (Lipinski definition) is 5. The van der Waals surface area contributed by atoms with Crippen LogP contribution in [0.1, 0.15) is 11.1 Å². The van der Waals surface area contributed by atoms with Crippen LogP contribution < -0.4 is 15.4 Å². The molecule has 0 aliphatic rings. The maximum atomic E-state index is 6.02. The van der Waals surface area contributed by atoms with E-state index in [0.29, 0.717) is 17.4 Å². The molecule has 0 spiro atoms. The van der Waals surface area contributed by atoms with Gasteiger partial charge in [0.15, 0.2) is 5.82 Å². The number of nitrogens with zero attached hydrogens (tertiary/aromatic N) is 3. The summed E-state index contributed by atoms with van der Waals surface area (Å²) in [5.41, 5.74) is 8.72. The monoisotopic (exact) mass is 258 g/mol. The molecular formula is C14H18N4O. The lowest BCUT2D eigenvalue weighted by atomic mass is 10.1. The van der Waals surface area contributed by atoms with Crippen molar-refractivity contribution >= 4 is 11.5 Å². The molecule has 0 saturated carbocycles. The molecule has 0 unspecified atom stereocenters. The van der Waals surface area contributed by atoms with E-state index >= 15 is 0 Å². The van der Waals surface area contributed by atoms with E-state index in [2.05, 4.69) is 16.0 Å². The highest BCUT2D eigenvalue weighted by atomic mass is 16.5. The van der Waals surface area contributed by atoms with Gasteiger partial charge in [0.2, 0.25) is 5.88 Å².